The van der Waals surface area contributed by atoms with Crippen molar-refractivity contribution in [3.63, 3.8) is 0 Å². The average molecular weight is 350 g/mol. The summed E-state index contributed by atoms with van der Waals surface area (Å²) in [6, 6.07) is 12.6. The maximum atomic E-state index is 13.1. The van der Waals surface area contributed by atoms with Crippen molar-refractivity contribution < 1.29 is 8.42 Å². The number of nitrogens with zero attached hydrogens (tertiary/aromatic N) is 1. The van der Waals surface area contributed by atoms with Gasteiger partial charge in [0.15, 0.2) is 0 Å². The lowest BCUT2D eigenvalue weighted by atomic mass is 10.1. The highest BCUT2D eigenvalue weighted by atomic mass is 35.5. The number of benzene rings is 2. The molecule has 1 aliphatic rings. The molecule has 3 rings (SSSR count). The number of sulfonamides is 1. The van der Waals surface area contributed by atoms with Crippen LogP contribution in [0.2, 0.25) is 5.02 Å². The van der Waals surface area contributed by atoms with Gasteiger partial charge in [0, 0.05) is 11.6 Å². The highest BCUT2D eigenvalue weighted by molar-refractivity contribution is 7.89. The maximum Gasteiger partial charge on any atom is 0.243 e. The standard InChI is InChI=1S/C18H20ClNO2S/c1-13-9-10-15(12-14(13)2)23(21,22)20-11-5-8-18(20)16-6-3-4-7-17(16)19/h3-4,6-7,9-10,12,18H,5,8,11H2,1-2H3/t18-/m0/s1. The van der Waals surface area contributed by atoms with Crippen LogP contribution in [0.15, 0.2) is 47.4 Å². The first-order chi connectivity index (χ1) is 10.9. The summed E-state index contributed by atoms with van der Waals surface area (Å²) in [5.41, 5.74) is 2.96. The predicted octanol–water partition coefficient (Wildman–Crippen LogP) is 4.48. The van der Waals surface area contributed by atoms with Crippen molar-refractivity contribution in [3.8, 4) is 0 Å². The third kappa shape index (κ3) is 3.03. The van der Waals surface area contributed by atoms with E-state index < -0.39 is 10.0 Å². The Kier molecular flexibility index (Phi) is 4.50. The Hall–Kier alpha value is -1.36. The molecule has 0 unspecified atom stereocenters. The molecule has 1 aliphatic heterocycles. The molecule has 0 bridgehead atoms. The number of hydrogen-bond acceptors (Lipinski definition) is 2. The molecule has 0 aromatic heterocycles. The molecule has 1 atom stereocenters. The van der Waals surface area contributed by atoms with Gasteiger partial charge in [-0.1, -0.05) is 35.9 Å². The molecular weight excluding hydrogens is 330 g/mol. The molecule has 0 spiro atoms. The minimum absolute atomic E-state index is 0.185. The fourth-order valence-electron chi connectivity index (χ4n) is 3.09. The zero-order valence-corrected chi connectivity index (χ0v) is 14.9. The van der Waals surface area contributed by atoms with Crippen molar-refractivity contribution in [1.29, 1.82) is 0 Å². The summed E-state index contributed by atoms with van der Waals surface area (Å²) in [6.07, 6.45) is 1.65. The highest BCUT2D eigenvalue weighted by Crippen LogP contribution is 2.39. The Morgan fingerprint density at radius 3 is 2.52 bits per heavy atom. The fraction of sp³-hybridized carbons (Fsp3) is 0.333. The van der Waals surface area contributed by atoms with Gasteiger partial charge in [0.25, 0.3) is 0 Å². The van der Waals surface area contributed by atoms with Crippen molar-refractivity contribution in [3.05, 3.63) is 64.2 Å². The monoisotopic (exact) mass is 349 g/mol. The van der Waals surface area contributed by atoms with Crippen molar-refractivity contribution in [2.45, 2.75) is 37.6 Å². The minimum Gasteiger partial charge on any atom is -0.207 e. The van der Waals surface area contributed by atoms with Gasteiger partial charge < -0.3 is 0 Å². The SMILES string of the molecule is Cc1ccc(S(=O)(=O)N2CCC[C@H]2c2ccccc2Cl)cc1C. The number of hydrogen-bond donors (Lipinski definition) is 0. The van der Waals surface area contributed by atoms with Gasteiger partial charge in [0.05, 0.1) is 10.9 Å². The van der Waals surface area contributed by atoms with Crippen LogP contribution in [0.1, 0.15) is 35.6 Å². The van der Waals surface area contributed by atoms with Crippen LogP contribution in [0.3, 0.4) is 0 Å². The van der Waals surface area contributed by atoms with Gasteiger partial charge in [-0.05, 0) is 61.6 Å². The van der Waals surface area contributed by atoms with Crippen LogP contribution in [0.25, 0.3) is 0 Å². The smallest absolute Gasteiger partial charge is 0.207 e. The van der Waals surface area contributed by atoms with Crippen LogP contribution in [0.4, 0.5) is 0 Å². The van der Waals surface area contributed by atoms with Crippen molar-refractivity contribution >= 4 is 21.6 Å². The van der Waals surface area contributed by atoms with E-state index in [2.05, 4.69) is 0 Å². The Balaban J connectivity index is 2.01. The molecule has 3 nitrogen and oxygen atoms in total. The van der Waals surface area contributed by atoms with E-state index in [9.17, 15) is 8.42 Å². The first-order valence-corrected chi connectivity index (χ1v) is 9.56. The average Bonchev–Trinajstić information content (AvgIpc) is 3.00. The van der Waals surface area contributed by atoms with E-state index in [-0.39, 0.29) is 6.04 Å². The number of halogens is 1. The zero-order valence-electron chi connectivity index (χ0n) is 13.3. The second-order valence-corrected chi connectivity index (χ2v) is 8.34. The van der Waals surface area contributed by atoms with Crippen LogP contribution in [0, 0.1) is 13.8 Å². The lowest BCUT2D eigenvalue weighted by Crippen LogP contribution is -2.30. The third-order valence-corrected chi connectivity index (χ3v) is 6.80. The van der Waals surface area contributed by atoms with E-state index in [1.165, 1.54) is 0 Å². The molecule has 1 heterocycles. The van der Waals surface area contributed by atoms with Gasteiger partial charge in [-0.2, -0.15) is 4.31 Å². The van der Waals surface area contributed by atoms with Gasteiger partial charge in [-0.15, -0.1) is 0 Å². The van der Waals surface area contributed by atoms with Crippen molar-refractivity contribution in [2.75, 3.05) is 6.54 Å². The van der Waals surface area contributed by atoms with E-state index in [1.807, 2.05) is 44.2 Å². The Morgan fingerprint density at radius 2 is 1.83 bits per heavy atom. The number of rotatable bonds is 3. The van der Waals surface area contributed by atoms with Crippen molar-refractivity contribution in [1.82, 2.24) is 4.31 Å². The summed E-state index contributed by atoms with van der Waals surface area (Å²) >= 11 is 6.29. The van der Waals surface area contributed by atoms with E-state index in [1.54, 1.807) is 16.4 Å². The van der Waals surface area contributed by atoms with Gasteiger partial charge in [-0.3, -0.25) is 0 Å². The van der Waals surface area contributed by atoms with Crippen molar-refractivity contribution in [2.24, 2.45) is 0 Å². The summed E-state index contributed by atoms with van der Waals surface area (Å²) in [6.45, 7) is 4.45. The second-order valence-electron chi connectivity index (χ2n) is 6.04. The largest absolute Gasteiger partial charge is 0.243 e. The molecular formula is C18H20ClNO2S. The van der Waals surface area contributed by atoms with E-state index in [0.717, 1.165) is 29.5 Å². The molecule has 1 saturated heterocycles. The molecule has 0 radical (unpaired) electrons. The van der Waals surface area contributed by atoms with E-state index >= 15 is 0 Å². The molecule has 2 aromatic carbocycles. The Morgan fingerprint density at radius 1 is 1.09 bits per heavy atom. The van der Waals surface area contributed by atoms with Gasteiger partial charge in [0.2, 0.25) is 10.0 Å². The topological polar surface area (TPSA) is 37.4 Å². The number of aryl methyl sites for hydroxylation is 2. The fourth-order valence-corrected chi connectivity index (χ4v) is 5.12. The summed E-state index contributed by atoms with van der Waals surface area (Å²) in [5, 5.41) is 0.625. The van der Waals surface area contributed by atoms with Gasteiger partial charge >= 0.3 is 0 Å². The Bertz CT molecular complexity index is 833. The minimum atomic E-state index is -3.52. The first kappa shape index (κ1) is 16.5. The molecule has 5 heteroatoms. The van der Waals surface area contributed by atoms with Crippen LogP contribution in [-0.4, -0.2) is 19.3 Å². The summed E-state index contributed by atoms with van der Waals surface area (Å²) in [7, 11) is -3.52. The summed E-state index contributed by atoms with van der Waals surface area (Å²) < 4.78 is 27.7. The van der Waals surface area contributed by atoms with Crippen LogP contribution >= 0.6 is 11.6 Å². The molecule has 0 saturated carbocycles. The molecule has 0 N–H and O–H groups in total. The van der Waals surface area contributed by atoms with Crippen LogP contribution < -0.4 is 0 Å². The summed E-state index contributed by atoms with van der Waals surface area (Å²) in [5.74, 6) is 0. The predicted molar refractivity (Wildman–Crippen MR) is 93.2 cm³/mol. The van der Waals surface area contributed by atoms with E-state index in [4.69, 9.17) is 11.6 Å². The quantitative estimate of drug-likeness (QED) is 0.819. The molecule has 0 aliphatic carbocycles. The molecule has 122 valence electrons. The lowest BCUT2D eigenvalue weighted by molar-refractivity contribution is 0.397. The normalized spacial score (nSPS) is 19.2. The molecule has 23 heavy (non-hydrogen) atoms. The Labute approximate surface area is 142 Å². The van der Waals surface area contributed by atoms with Crippen LogP contribution in [-0.2, 0) is 10.0 Å². The lowest BCUT2D eigenvalue weighted by Gasteiger charge is -2.25. The van der Waals surface area contributed by atoms with Crippen LogP contribution in [0.5, 0.6) is 0 Å². The van der Waals surface area contributed by atoms with Gasteiger partial charge in [0.1, 0.15) is 0 Å². The van der Waals surface area contributed by atoms with Gasteiger partial charge in [-0.25, -0.2) is 8.42 Å². The second kappa shape index (κ2) is 6.27. The zero-order chi connectivity index (χ0) is 16.6. The molecule has 0 amide bonds. The highest BCUT2D eigenvalue weighted by Gasteiger charge is 2.37. The molecule has 1 fully saturated rings. The maximum absolute atomic E-state index is 13.1. The first-order valence-electron chi connectivity index (χ1n) is 7.75. The van der Waals surface area contributed by atoms with E-state index in [0.29, 0.717) is 16.5 Å². The summed E-state index contributed by atoms with van der Waals surface area (Å²) in [4.78, 5) is 0.361. The third-order valence-electron chi connectivity index (χ3n) is 4.55. The molecule has 2 aromatic rings.